The van der Waals surface area contributed by atoms with E-state index in [0.29, 0.717) is 27.9 Å². The molecule has 0 saturated carbocycles. The molecule has 6 nitrogen and oxygen atoms in total. The van der Waals surface area contributed by atoms with Crippen molar-refractivity contribution in [3.8, 4) is 11.3 Å². The maximum absolute atomic E-state index is 13.9. The second kappa shape index (κ2) is 8.40. The van der Waals surface area contributed by atoms with Gasteiger partial charge >= 0.3 is 6.18 Å². The summed E-state index contributed by atoms with van der Waals surface area (Å²) >= 11 is 6.08. The van der Waals surface area contributed by atoms with Gasteiger partial charge in [-0.15, -0.1) is 0 Å². The minimum Gasteiger partial charge on any atom is -0.324 e. The van der Waals surface area contributed by atoms with Crippen molar-refractivity contribution in [1.82, 2.24) is 14.3 Å². The summed E-state index contributed by atoms with van der Waals surface area (Å²) in [5.41, 5.74) is -0.570. The molecule has 4 aromatic rings. The van der Waals surface area contributed by atoms with Gasteiger partial charge in [0.05, 0.1) is 10.9 Å². The Morgan fingerprint density at radius 3 is 2.48 bits per heavy atom. The number of hydrogen-bond acceptors (Lipinski definition) is 3. The number of fused-ring (bicyclic) bond motifs is 1. The smallest absolute Gasteiger partial charge is 0.324 e. The van der Waals surface area contributed by atoms with Gasteiger partial charge in [-0.25, -0.2) is 0 Å². The van der Waals surface area contributed by atoms with Crippen LogP contribution in [-0.2, 0) is 24.6 Å². The summed E-state index contributed by atoms with van der Waals surface area (Å²) in [6, 6.07) is 13.8. The summed E-state index contributed by atoms with van der Waals surface area (Å²) in [4.78, 5) is 25.5. The van der Waals surface area contributed by atoms with E-state index < -0.39 is 29.8 Å². The van der Waals surface area contributed by atoms with Crippen LogP contribution in [0.15, 0.2) is 59.4 Å². The van der Waals surface area contributed by atoms with Gasteiger partial charge in [0.2, 0.25) is 5.91 Å². The number of halogens is 4. The van der Waals surface area contributed by atoms with Crippen LogP contribution >= 0.6 is 11.6 Å². The number of hydrogen-bond donors (Lipinski definition) is 1. The Kier molecular flexibility index (Phi) is 5.75. The molecule has 0 aliphatic carbocycles. The van der Waals surface area contributed by atoms with E-state index in [9.17, 15) is 22.8 Å². The fraction of sp³-hybridized carbons (Fsp3) is 0.174. The Hall–Kier alpha value is -3.59. The Bertz CT molecular complexity index is 1430. The van der Waals surface area contributed by atoms with Gasteiger partial charge in [-0.2, -0.15) is 18.3 Å². The molecule has 170 valence electrons. The van der Waals surface area contributed by atoms with Crippen LogP contribution in [0, 0.1) is 6.92 Å². The Balaban J connectivity index is 1.87. The molecule has 0 bridgehead atoms. The van der Waals surface area contributed by atoms with Crippen molar-refractivity contribution in [2.75, 3.05) is 5.32 Å². The number of alkyl halides is 3. The van der Waals surface area contributed by atoms with Gasteiger partial charge in [0.25, 0.3) is 5.56 Å². The number of rotatable bonds is 4. The molecule has 1 amide bonds. The molecule has 33 heavy (non-hydrogen) atoms. The van der Waals surface area contributed by atoms with E-state index in [2.05, 4.69) is 10.4 Å². The summed E-state index contributed by atoms with van der Waals surface area (Å²) in [7, 11) is 1.43. The first kappa shape index (κ1) is 22.6. The van der Waals surface area contributed by atoms with E-state index in [-0.39, 0.29) is 16.7 Å². The fourth-order valence-electron chi connectivity index (χ4n) is 3.70. The summed E-state index contributed by atoms with van der Waals surface area (Å²) in [6.45, 7) is 1.21. The number of carbonyl (C=O) groups is 1. The second-order valence-electron chi connectivity index (χ2n) is 7.48. The lowest BCUT2D eigenvalue weighted by molar-refractivity contribution is -0.136. The van der Waals surface area contributed by atoms with Crippen LogP contribution in [0.5, 0.6) is 0 Å². The highest BCUT2D eigenvalue weighted by Crippen LogP contribution is 2.38. The number of aromatic nitrogens is 3. The topological polar surface area (TPSA) is 68.9 Å². The Morgan fingerprint density at radius 2 is 1.82 bits per heavy atom. The average molecular weight is 475 g/mol. The van der Waals surface area contributed by atoms with Crippen molar-refractivity contribution >= 4 is 34.2 Å². The molecule has 2 aromatic heterocycles. The molecule has 0 atom stereocenters. The molecular formula is C23H18ClF3N4O2. The number of nitrogens with one attached hydrogen (secondary N) is 1. The molecule has 2 heterocycles. The van der Waals surface area contributed by atoms with Crippen LogP contribution in [0.3, 0.4) is 0 Å². The predicted molar refractivity (Wildman–Crippen MR) is 120 cm³/mol. The first-order valence-electron chi connectivity index (χ1n) is 9.86. The van der Waals surface area contributed by atoms with E-state index in [1.165, 1.54) is 11.7 Å². The maximum atomic E-state index is 13.9. The van der Waals surface area contributed by atoms with E-state index >= 15 is 0 Å². The lowest BCUT2D eigenvalue weighted by Crippen LogP contribution is -2.30. The fourth-order valence-corrected chi connectivity index (χ4v) is 3.88. The zero-order chi connectivity index (χ0) is 23.9. The van der Waals surface area contributed by atoms with Crippen molar-refractivity contribution in [2.24, 2.45) is 7.05 Å². The normalized spacial score (nSPS) is 11.7. The van der Waals surface area contributed by atoms with Crippen LogP contribution in [0.2, 0.25) is 5.02 Å². The van der Waals surface area contributed by atoms with Crippen molar-refractivity contribution in [1.29, 1.82) is 0 Å². The van der Waals surface area contributed by atoms with Crippen LogP contribution < -0.4 is 10.9 Å². The van der Waals surface area contributed by atoms with Gasteiger partial charge in [-0.05, 0) is 24.6 Å². The third kappa shape index (κ3) is 4.23. The molecule has 0 unspecified atom stereocenters. The van der Waals surface area contributed by atoms with Gasteiger partial charge in [0.15, 0.2) is 0 Å². The monoisotopic (exact) mass is 474 g/mol. The molecule has 1 N–H and O–H groups in total. The average Bonchev–Trinajstić information content (AvgIpc) is 3.10. The number of amides is 1. The highest BCUT2D eigenvalue weighted by atomic mass is 35.5. The van der Waals surface area contributed by atoms with Crippen molar-refractivity contribution in [2.45, 2.75) is 19.6 Å². The van der Waals surface area contributed by atoms with Crippen LogP contribution in [0.4, 0.5) is 18.9 Å². The minimum absolute atomic E-state index is 0.0697. The summed E-state index contributed by atoms with van der Waals surface area (Å²) < 4.78 is 43.8. The second-order valence-corrected chi connectivity index (χ2v) is 7.88. The largest absolute Gasteiger partial charge is 0.417 e. The van der Waals surface area contributed by atoms with Gasteiger partial charge < -0.3 is 5.32 Å². The molecule has 4 rings (SSSR count). The Labute approximate surface area is 191 Å². The van der Waals surface area contributed by atoms with Gasteiger partial charge in [0.1, 0.15) is 17.9 Å². The Morgan fingerprint density at radius 1 is 1.12 bits per heavy atom. The lowest BCUT2D eigenvalue weighted by Gasteiger charge is -2.15. The van der Waals surface area contributed by atoms with E-state index in [1.54, 1.807) is 55.5 Å². The highest BCUT2D eigenvalue weighted by Gasteiger charge is 2.37. The molecule has 0 spiro atoms. The van der Waals surface area contributed by atoms with E-state index in [0.717, 1.165) is 4.57 Å². The maximum Gasteiger partial charge on any atom is 0.417 e. The van der Waals surface area contributed by atoms with Crippen molar-refractivity contribution in [3.05, 3.63) is 81.1 Å². The molecule has 0 aliphatic heterocycles. The molecule has 0 saturated heterocycles. The van der Waals surface area contributed by atoms with Gasteiger partial charge in [0, 0.05) is 29.4 Å². The standard InChI is InChI=1S/C23H18ClF3N4O2/c1-13-16(24)9-6-10-17(13)28-18(32)12-31-19(33)11-15(23(25,26)27)20-21(29-30(2)22(20)31)14-7-4-3-5-8-14/h3-11H,12H2,1-2H3,(H,28,32). The first-order valence-corrected chi connectivity index (χ1v) is 10.2. The summed E-state index contributed by atoms with van der Waals surface area (Å²) in [5, 5.41) is 7.12. The summed E-state index contributed by atoms with van der Waals surface area (Å²) in [6.07, 6.45) is -4.79. The zero-order valence-electron chi connectivity index (χ0n) is 17.6. The van der Waals surface area contributed by atoms with Crippen molar-refractivity contribution < 1.29 is 18.0 Å². The number of benzene rings is 2. The minimum atomic E-state index is -4.79. The number of pyridine rings is 1. The SMILES string of the molecule is Cc1c(Cl)cccc1NC(=O)Cn1c(=O)cc(C(F)(F)F)c2c(-c3ccccc3)nn(C)c21. The highest BCUT2D eigenvalue weighted by molar-refractivity contribution is 6.31. The van der Waals surface area contributed by atoms with Crippen molar-refractivity contribution in [3.63, 3.8) is 0 Å². The number of anilines is 1. The predicted octanol–water partition coefficient (Wildman–Crippen LogP) is 5.02. The third-order valence-electron chi connectivity index (χ3n) is 5.27. The number of aryl methyl sites for hydroxylation is 1. The molecule has 2 aromatic carbocycles. The molecule has 10 heteroatoms. The molecule has 0 aliphatic rings. The molecule has 0 fully saturated rings. The van der Waals surface area contributed by atoms with Crippen LogP contribution in [0.25, 0.3) is 22.3 Å². The lowest BCUT2D eigenvalue weighted by atomic mass is 10.0. The van der Waals surface area contributed by atoms with E-state index in [4.69, 9.17) is 11.6 Å². The number of carbonyl (C=O) groups excluding carboxylic acids is 1. The van der Waals surface area contributed by atoms with Gasteiger partial charge in [-0.3, -0.25) is 18.8 Å². The molecular weight excluding hydrogens is 457 g/mol. The van der Waals surface area contributed by atoms with Gasteiger partial charge in [-0.1, -0.05) is 48.0 Å². The van der Waals surface area contributed by atoms with Crippen LogP contribution in [-0.4, -0.2) is 20.3 Å². The van der Waals surface area contributed by atoms with Crippen LogP contribution in [0.1, 0.15) is 11.1 Å². The number of nitrogens with zero attached hydrogens (tertiary/aromatic N) is 3. The van der Waals surface area contributed by atoms with E-state index in [1.807, 2.05) is 0 Å². The molecule has 0 radical (unpaired) electrons. The quantitative estimate of drug-likeness (QED) is 0.451. The first-order chi connectivity index (χ1) is 15.6. The zero-order valence-corrected chi connectivity index (χ0v) is 18.3. The third-order valence-corrected chi connectivity index (χ3v) is 5.68. The summed E-state index contributed by atoms with van der Waals surface area (Å²) in [5.74, 6) is -0.592.